The highest BCUT2D eigenvalue weighted by molar-refractivity contribution is 7.91. The molecule has 0 aromatic carbocycles. The second kappa shape index (κ2) is 5.30. The van der Waals surface area contributed by atoms with E-state index in [0.29, 0.717) is 12.2 Å². The Morgan fingerprint density at radius 1 is 1.50 bits per heavy atom. The Bertz CT molecular complexity index is 507. The Morgan fingerprint density at radius 3 is 2.89 bits per heavy atom. The van der Waals surface area contributed by atoms with Crippen LogP contribution in [0, 0.1) is 0 Å². The van der Waals surface area contributed by atoms with Crippen molar-refractivity contribution in [1.29, 1.82) is 0 Å². The third-order valence-corrected chi connectivity index (χ3v) is 5.16. The van der Waals surface area contributed by atoms with Gasteiger partial charge in [-0.25, -0.2) is 13.1 Å². The van der Waals surface area contributed by atoms with Gasteiger partial charge in [0.1, 0.15) is 5.82 Å². The van der Waals surface area contributed by atoms with Crippen LogP contribution in [0.5, 0.6) is 0 Å². The molecule has 1 saturated heterocycles. The number of anilines is 1. The van der Waals surface area contributed by atoms with E-state index in [9.17, 15) is 8.42 Å². The molecule has 6 heteroatoms. The van der Waals surface area contributed by atoms with Crippen molar-refractivity contribution in [1.82, 2.24) is 9.78 Å². The number of sulfone groups is 1. The van der Waals surface area contributed by atoms with Gasteiger partial charge in [-0.1, -0.05) is 19.8 Å². The molecule has 1 unspecified atom stereocenters. The van der Waals surface area contributed by atoms with Gasteiger partial charge < -0.3 is 5.73 Å². The zero-order valence-electron chi connectivity index (χ0n) is 10.8. The molecule has 0 aliphatic carbocycles. The summed E-state index contributed by atoms with van der Waals surface area (Å²) in [4.78, 5) is 0. The molecule has 0 amide bonds. The zero-order valence-corrected chi connectivity index (χ0v) is 11.6. The largest absolute Gasteiger partial charge is 0.384 e. The maximum absolute atomic E-state index is 11.5. The van der Waals surface area contributed by atoms with E-state index >= 15 is 0 Å². The monoisotopic (exact) mass is 271 g/mol. The maximum Gasteiger partial charge on any atom is 0.152 e. The molecule has 18 heavy (non-hydrogen) atoms. The summed E-state index contributed by atoms with van der Waals surface area (Å²) in [6.07, 6.45) is 5.02. The van der Waals surface area contributed by atoms with Gasteiger partial charge in [-0.3, -0.25) is 0 Å². The molecule has 0 radical (unpaired) electrons. The number of aryl methyl sites for hydroxylation is 1. The van der Waals surface area contributed by atoms with Crippen LogP contribution < -0.4 is 5.73 Å². The number of rotatable bonds is 5. The fourth-order valence-electron chi connectivity index (χ4n) is 2.40. The first-order valence-electron chi connectivity index (χ1n) is 6.56. The second-order valence-electron chi connectivity index (χ2n) is 5.02. The highest BCUT2D eigenvalue weighted by atomic mass is 32.2. The lowest BCUT2D eigenvalue weighted by atomic mass is 10.2. The van der Waals surface area contributed by atoms with Crippen LogP contribution >= 0.6 is 0 Å². The van der Waals surface area contributed by atoms with Gasteiger partial charge in [-0.2, -0.15) is 5.10 Å². The van der Waals surface area contributed by atoms with Gasteiger partial charge in [0, 0.05) is 6.07 Å². The summed E-state index contributed by atoms with van der Waals surface area (Å²) in [7, 11) is -2.89. The van der Waals surface area contributed by atoms with Crippen molar-refractivity contribution < 1.29 is 8.42 Å². The SMILES string of the molecule is CCCCCc1cc(N)n(C2CCS(=O)(=O)C2)n1. The second-order valence-corrected chi connectivity index (χ2v) is 7.25. The number of unbranched alkanes of at least 4 members (excludes halogenated alkanes) is 2. The van der Waals surface area contributed by atoms with Crippen LogP contribution in [0.3, 0.4) is 0 Å². The highest BCUT2D eigenvalue weighted by Gasteiger charge is 2.30. The highest BCUT2D eigenvalue weighted by Crippen LogP contribution is 2.26. The van der Waals surface area contributed by atoms with Crippen molar-refractivity contribution in [3.63, 3.8) is 0 Å². The van der Waals surface area contributed by atoms with E-state index in [0.717, 1.165) is 18.5 Å². The van der Waals surface area contributed by atoms with E-state index in [4.69, 9.17) is 5.73 Å². The summed E-state index contributed by atoms with van der Waals surface area (Å²) in [5.74, 6) is 1.01. The first kappa shape index (κ1) is 13.4. The Kier molecular flexibility index (Phi) is 3.94. The fourth-order valence-corrected chi connectivity index (χ4v) is 4.09. The molecule has 2 rings (SSSR count). The van der Waals surface area contributed by atoms with Gasteiger partial charge in [0.05, 0.1) is 23.2 Å². The Morgan fingerprint density at radius 2 is 2.28 bits per heavy atom. The van der Waals surface area contributed by atoms with Gasteiger partial charge in [-0.05, 0) is 19.3 Å². The molecule has 1 aliphatic heterocycles. The minimum atomic E-state index is -2.89. The standard InChI is InChI=1S/C12H21N3O2S/c1-2-3-4-5-10-8-12(13)15(14-10)11-6-7-18(16,17)9-11/h8,11H,2-7,9,13H2,1H3. The summed E-state index contributed by atoms with van der Waals surface area (Å²) in [6, 6.07) is 1.80. The van der Waals surface area contributed by atoms with Crippen molar-refractivity contribution in [2.75, 3.05) is 17.2 Å². The van der Waals surface area contributed by atoms with Crippen molar-refractivity contribution in [2.45, 2.75) is 45.1 Å². The van der Waals surface area contributed by atoms with Gasteiger partial charge in [0.15, 0.2) is 9.84 Å². The Hall–Kier alpha value is -1.04. The smallest absolute Gasteiger partial charge is 0.152 e. The average Bonchev–Trinajstić information content (AvgIpc) is 2.82. The summed E-state index contributed by atoms with van der Waals surface area (Å²) in [6.45, 7) is 2.16. The zero-order chi connectivity index (χ0) is 13.2. The number of nitrogens with two attached hydrogens (primary N) is 1. The quantitative estimate of drug-likeness (QED) is 0.824. The summed E-state index contributed by atoms with van der Waals surface area (Å²) in [5.41, 5.74) is 6.90. The van der Waals surface area contributed by atoms with Gasteiger partial charge in [-0.15, -0.1) is 0 Å². The van der Waals surface area contributed by atoms with E-state index in [1.165, 1.54) is 12.8 Å². The van der Waals surface area contributed by atoms with Gasteiger partial charge in [0.2, 0.25) is 0 Å². The van der Waals surface area contributed by atoms with E-state index in [1.54, 1.807) is 4.68 Å². The Balaban J connectivity index is 2.05. The lowest BCUT2D eigenvalue weighted by Gasteiger charge is -2.09. The summed E-state index contributed by atoms with van der Waals surface area (Å²) in [5, 5.41) is 4.46. The van der Waals surface area contributed by atoms with E-state index < -0.39 is 9.84 Å². The van der Waals surface area contributed by atoms with E-state index in [-0.39, 0.29) is 17.5 Å². The molecule has 1 fully saturated rings. The molecule has 5 nitrogen and oxygen atoms in total. The van der Waals surface area contributed by atoms with Crippen LogP contribution in [0.4, 0.5) is 5.82 Å². The van der Waals surface area contributed by atoms with Crippen LogP contribution in [0.1, 0.15) is 44.3 Å². The number of hydrogen-bond donors (Lipinski definition) is 1. The number of hydrogen-bond acceptors (Lipinski definition) is 4. The molecule has 0 spiro atoms. The molecular weight excluding hydrogens is 250 g/mol. The normalized spacial score (nSPS) is 22.4. The summed E-state index contributed by atoms with van der Waals surface area (Å²) >= 11 is 0. The fraction of sp³-hybridized carbons (Fsp3) is 0.750. The lowest BCUT2D eigenvalue weighted by Crippen LogP contribution is -2.14. The summed E-state index contributed by atoms with van der Waals surface area (Å²) < 4.78 is 24.6. The molecule has 0 bridgehead atoms. The van der Waals surface area contributed by atoms with Crippen molar-refractivity contribution in [3.8, 4) is 0 Å². The van der Waals surface area contributed by atoms with Gasteiger partial charge in [0.25, 0.3) is 0 Å². The van der Waals surface area contributed by atoms with Crippen LogP contribution in [-0.4, -0.2) is 29.7 Å². The van der Waals surface area contributed by atoms with Crippen molar-refractivity contribution in [2.24, 2.45) is 0 Å². The third-order valence-electron chi connectivity index (χ3n) is 3.41. The maximum atomic E-state index is 11.5. The van der Waals surface area contributed by atoms with Crippen LogP contribution in [0.25, 0.3) is 0 Å². The van der Waals surface area contributed by atoms with Crippen molar-refractivity contribution >= 4 is 15.7 Å². The molecule has 2 heterocycles. The van der Waals surface area contributed by atoms with Gasteiger partial charge >= 0.3 is 0 Å². The van der Waals surface area contributed by atoms with E-state index in [2.05, 4.69) is 12.0 Å². The number of nitrogen functional groups attached to an aromatic ring is 1. The molecule has 1 aliphatic rings. The minimum absolute atomic E-state index is 0.0741. The first-order valence-corrected chi connectivity index (χ1v) is 8.38. The van der Waals surface area contributed by atoms with Crippen LogP contribution in [0.15, 0.2) is 6.07 Å². The van der Waals surface area contributed by atoms with Crippen molar-refractivity contribution in [3.05, 3.63) is 11.8 Å². The predicted molar refractivity (Wildman–Crippen MR) is 72.2 cm³/mol. The van der Waals surface area contributed by atoms with Crippen LogP contribution in [-0.2, 0) is 16.3 Å². The molecule has 1 aromatic rings. The Labute approximate surface area is 108 Å². The number of aromatic nitrogens is 2. The molecule has 2 N–H and O–H groups in total. The lowest BCUT2D eigenvalue weighted by molar-refractivity contribution is 0.500. The molecule has 0 saturated carbocycles. The molecule has 1 atom stereocenters. The van der Waals surface area contributed by atoms with E-state index in [1.807, 2.05) is 6.07 Å². The topological polar surface area (TPSA) is 78.0 Å². The van der Waals surface area contributed by atoms with Crippen LogP contribution in [0.2, 0.25) is 0 Å². The third kappa shape index (κ3) is 3.04. The number of nitrogens with zero attached hydrogens (tertiary/aromatic N) is 2. The first-order chi connectivity index (χ1) is 8.52. The molecule has 102 valence electrons. The molecular formula is C12H21N3O2S. The predicted octanol–water partition coefficient (Wildman–Crippen LogP) is 1.56. The average molecular weight is 271 g/mol. The minimum Gasteiger partial charge on any atom is -0.384 e. The molecule has 1 aromatic heterocycles.